The molecule has 0 amide bonds. The van der Waals surface area contributed by atoms with Gasteiger partial charge >= 0.3 is 10.2 Å². The van der Waals surface area contributed by atoms with Crippen LogP contribution in [0.5, 0.6) is 0 Å². The summed E-state index contributed by atoms with van der Waals surface area (Å²) in [6, 6.07) is 4.35. The summed E-state index contributed by atoms with van der Waals surface area (Å²) < 4.78 is 50.6. The van der Waals surface area contributed by atoms with E-state index < -0.39 is 20.2 Å². The van der Waals surface area contributed by atoms with E-state index in [2.05, 4.69) is 0 Å². The molecule has 0 bridgehead atoms. The summed E-state index contributed by atoms with van der Waals surface area (Å²) in [6.07, 6.45) is 0.556. The van der Waals surface area contributed by atoms with E-state index >= 15 is 0 Å². The highest BCUT2D eigenvalue weighted by atomic mass is 32.2. The molecule has 0 saturated heterocycles. The number of nitrogens with zero attached hydrogens (tertiary/aromatic N) is 2. The second-order valence-electron chi connectivity index (χ2n) is 4.75. The molecule has 0 unspecified atom stereocenters. The van der Waals surface area contributed by atoms with Crippen LogP contribution in [0.25, 0.3) is 0 Å². The number of nitrogens with two attached hydrogens (primary N) is 1. The van der Waals surface area contributed by atoms with E-state index in [4.69, 9.17) is 5.14 Å². The molecule has 9 heteroatoms. The van der Waals surface area contributed by atoms with Crippen molar-refractivity contribution in [2.45, 2.75) is 25.2 Å². The van der Waals surface area contributed by atoms with Crippen LogP contribution in [0.2, 0.25) is 0 Å². The highest BCUT2D eigenvalue weighted by Gasteiger charge is 2.33. The fourth-order valence-electron chi connectivity index (χ4n) is 2.44. The molecule has 2 N–H and O–H groups in total. The Morgan fingerprint density at radius 1 is 1.19 bits per heavy atom. The maximum Gasteiger partial charge on any atom is 0.304 e. The van der Waals surface area contributed by atoms with Gasteiger partial charge in [-0.15, -0.1) is 0 Å². The summed E-state index contributed by atoms with van der Waals surface area (Å²) in [5, 5.41) is 5.11. The number of benzene rings is 1. The van der Waals surface area contributed by atoms with Gasteiger partial charge in [0.25, 0.3) is 0 Å². The zero-order valence-electron chi connectivity index (χ0n) is 12.0. The Labute approximate surface area is 125 Å². The van der Waals surface area contributed by atoms with Gasteiger partial charge in [0, 0.05) is 19.6 Å². The minimum absolute atomic E-state index is 0.0807. The van der Waals surface area contributed by atoms with Crippen LogP contribution >= 0.6 is 0 Å². The van der Waals surface area contributed by atoms with Gasteiger partial charge in [-0.3, -0.25) is 4.31 Å². The average molecular weight is 333 g/mol. The van der Waals surface area contributed by atoms with Crippen molar-refractivity contribution >= 4 is 25.9 Å². The topological polar surface area (TPSA) is 101 Å². The van der Waals surface area contributed by atoms with Crippen LogP contribution < -0.4 is 9.44 Å². The zero-order chi connectivity index (χ0) is 15.8. The van der Waals surface area contributed by atoms with Crippen molar-refractivity contribution in [2.75, 3.05) is 23.9 Å². The summed E-state index contributed by atoms with van der Waals surface area (Å²) in [5.74, 6) is 0. The largest absolute Gasteiger partial charge is 0.304 e. The van der Waals surface area contributed by atoms with E-state index in [-0.39, 0.29) is 4.90 Å². The van der Waals surface area contributed by atoms with Crippen molar-refractivity contribution in [3.63, 3.8) is 0 Å². The summed E-state index contributed by atoms with van der Waals surface area (Å²) in [7, 11) is -7.51. The van der Waals surface area contributed by atoms with Crippen molar-refractivity contribution in [1.29, 1.82) is 0 Å². The Morgan fingerprint density at radius 2 is 1.81 bits per heavy atom. The van der Waals surface area contributed by atoms with Gasteiger partial charge in [-0.25, -0.2) is 13.6 Å². The van der Waals surface area contributed by atoms with E-state index in [9.17, 15) is 16.8 Å². The number of anilines is 1. The van der Waals surface area contributed by atoms with Crippen molar-refractivity contribution in [3.8, 4) is 0 Å². The molecular formula is C12H19N3O4S2. The Kier molecular flexibility index (Phi) is 4.29. The van der Waals surface area contributed by atoms with E-state index in [1.54, 1.807) is 19.9 Å². The molecule has 0 aromatic heterocycles. The lowest BCUT2D eigenvalue weighted by Gasteiger charge is -2.27. The molecule has 7 nitrogen and oxygen atoms in total. The van der Waals surface area contributed by atoms with Gasteiger partial charge in [0.05, 0.1) is 10.6 Å². The minimum Gasteiger partial charge on any atom is -0.257 e. The molecule has 118 valence electrons. The summed E-state index contributed by atoms with van der Waals surface area (Å²) >= 11 is 0. The molecule has 1 heterocycles. The number of hydrogen-bond donors (Lipinski definition) is 1. The van der Waals surface area contributed by atoms with Crippen LogP contribution in [0, 0.1) is 0 Å². The van der Waals surface area contributed by atoms with Crippen molar-refractivity contribution in [2.24, 2.45) is 5.14 Å². The van der Waals surface area contributed by atoms with Gasteiger partial charge in [-0.05, 0) is 24.1 Å². The first-order valence-corrected chi connectivity index (χ1v) is 9.59. The number of primary sulfonamides is 1. The number of fused-ring (bicyclic) bond motifs is 1. The molecule has 2 rings (SSSR count). The summed E-state index contributed by atoms with van der Waals surface area (Å²) in [6.45, 7) is 4.55. The van der Waals surface area contributed by atoms with Crippen LogP contribution in [0.1, 0.15) is 19.4 Å². The van der Waals surface area contributed by atoms with Gasteiger partial charge in [0.15, 0.2) is 0 Å². The average Bonchev–Trinajstić information content (AvgIpc) is 2.82. The van der Waals surface area contributed by atoms with Crippen molar-refractivity contribution < 1.29 is 16.8 Å². The van der Waals surface area contributed by atoms with E-state index in [0.29, 0.717) is 31.7 Å². The Morgan fingerprint density at radius 3 is 2.33 bits per heavy atom. The van der Waals surface area contributed by atoms with Crippen molar-refractivity contribution in [3.05, 3.63) is 23.8 Å². The highest BCUT2D eigenvalue weighted by Crippen LogP contribution is 2.33. The molecular weight excluding hydrogens is 314 g/mol. The molecule has 0 atom stereocenters. The Bertz CT molecular complexity index is 740. The molecule has 1 aliphatic heterocycles. The molecule has 0 saturated carbocycles. The molecule has 21 heavy (non-hydrogen) atoms. The maximum absolute atomic E-state index is 12.6. The maximum atomic E-state index is 12.6. The summed E-state index contributed by atoms with van der Waals surface area (Å²) in [4.78, 5) is -0.0807. The molecule has 0 fully saturated rings. The lowest BCUT2D eigenvalue weighted by molar-refractivity contribution is 0.442. The van der Waals surface area contributed by atoms with Crippen LogP contribution in [0.15, 0.2) is 23.1 Å². The Balaban J connectivity index is 2.51. The monoisotopic (exact) mass is 333 g/mol. The molecule has 1 aliphatic rings. The van der Waals surface area contributed by atoms with Gasteiger partial charge in [0.1, 0.15) is 0 Å². The second-order valence-corrected chi connectivity index (χ2v) is 8.16. The quantitative estimate of drug-likeness (QED) is 0.836. The number of sulfonamides is 1. The predicted octanol–water partition coefficient (Wildman–Crippen LogP) is 0.283. The van der Waals surface area contributed by atoms with Gasteiger partial charge < -0.3 is 0 Å². The molecule has 0 aliphatic carbocycles. The third-order valence-corrected chi connectivity index (χ3v) is 6.56. The SMILES string of the molecule is CCN(CC)S(=O)(=O)N1CCc2ccc(S(N)(=O)=O)cc21. The normalized spacial score (nSPS) is 15.5. The molecule has 0 radical (unpaired) electrons. The van der Waals surface area contributed by atoms with E-state index in [0.717, 1.165) is 5.56 Å². The smallest absolute Gasteiger partial charge is 0.257 e. The number of rotatable bonds is 5. The fraction of sp³-hybridized carbons (Fsp3) is 0.500. The standard InChI is InChI=1S/C12H19N3O4S2/c1-3-14(4-2)21(18,19)15-8-7-10-5-6-11(9-12(10)15)20(13,16)17/h5-6,9H,3-4,7-8H2,1-2H3,(H2,13,16,17). The second kappa shape index (κ2) is 5.56. The van der Waals surface area contributed by atoms with E-state index in [1.807, 2.05) is 0 Å². The fourth-order valence-corrected chi connectivity index (χ4v) is 4.64. The first kappa shape index (κ1) is 16.2. The minimum atomic E-state index is -3.86. The van der Waals surface area contributed by atoms with Crippen molar-refractivity contribution in [1.82, 2.24) is 4.31 Å². The molecule has 1 aromatic rings. The zero-order valence-corrected chi connectivity index (χ0v) is 13.6. The van der Waals surface area contributed by atoms with Crippen LogP contribution in [0.4, 0.5) is 5.69 Å². The van der Waals surface area contributed by atoms with Gasteiger partial charge in [-0.1, -0.05) is 19.9 Å². The lowest BCUT2D eigenvalue weighted by Crippen LogP contribution is -2.43. The van der Waals surface area contributed by atoms with Gasteiger partial charge in [-0.2, -0.15) is 12.7 Å². The summed E-state index contributed by atoms with van der Waals surface area (Å²) in [5.41, 5.74) is 1.20. The first-order chi connectivity index (χ1) is 9.71. The third kappa shape index (κ3) is 2.91. The van der Waals surface area contributed by atoms with Crippen LogP contribution in [-0.4, -0.2) is 40.8 Å². The Hall–Kier alpha value is -1.16. The van der Waals surface area contributed by atoms with Crippen LogP contribution in [-0.2, 0) is 26.7 Å². The molecule has 1 aromatic carbocycles. The highest BCUT2D eigenvalue weighted by molar-refractivity contribution is 7.90. The van der Waals surface area contributed by atoms with Gasteiger partial charge in [0.2, 0.25) is 10.0 Å². The first-order valence-electron chi connectivity index (χ1n) is 6.65. The molecule has 0 spiro atoms. The predicted molar refractivity (Wildman–Crippen MR) is 80.7 cm³/mol. The van der Waals surface area contributed by atoms with Crippen LogP contribution in [0.3, 0.4) is 0 Å². The van der Waals surface area contributed by atoms with E-state index in [1.165, 1.54) is 20.7 Å². The lowest BCUT2D eigenvalue weighted by atomic mass is 10.2. The number of hydrogen-bond acceptors (Lipinski definition) is 4. The third-order valence-electron chi connectivity index (χ3n) is 3.55.